The minimum atomic E-state index is -0.434. The zero-order valence-corrected chi connectivity index (χ0v) is 10.2. The van der Waals surface area contributed by atoms with Crippen molar-refractivity contribution in [2.24, 2.45) is 0 Å². The molecule has 0 aliphatic rings. The standard InChI is InChI=1S/C14H13FN2O2/c15-12-3-1-2-11(10-12)8-9-16-13-4-6-14(7-5-13)17(18)19/h1-7,10,16H,8-9H2. The molecule has 0 bridgehead atoms. The van der Waals surface area contributed by atoms with E-state index in [1.165, 1.54) is 24.3 Å². The summed E-state index contributed by atoms with van der Waals surface area (Å²) >= 11 is 0. The molecule has 2 aromatic carbocycles. The third-order valence-corrected chi connectivity index (χ3v) is 2.71. The molecule has 4 nitrogen and oxygen atoms in total. The lowest BCUT2D eigenvalue weighted by Gasteiger charge is -2.06. The molecular weight excluding hydrogens is 247 g/mol. The van der Waals surface area contributed by atoms with Crippen LogP contribution >= 0.6 is 0 Å². The van der Waals surface area contributed by atoms with E-state index in [1.54, 1.807) is 18.2 Å². The van der Waals surface area contributed by atoms with Crippen LogP contribution < -0.4 is 5.32 Å². The van der Waals surface area contributed by atoms with Gasteiger partial charge in [-0.05, 0) is 36.2 Å². The van der Waals surface area contributed by atoms with Crippen LogP contribution in [0.2, 0.25) is 0 Å². The maximum Gasteiger partial charge on any atom is 0.269 e. The number of anilines is 1. The minimum absolute atomic E-state index is 0.0654. The second-order valence-corrected chi connectivity index (χ2v) is 4.11. The van der Waals surface area contributed by atoms with Crippen molar-refractivity contribution in [3.05, 3.63) is 70.0 Å². The molecule has 98 valence electrons. The van der Waals surface area contributed by atoms with E-state index in [1.807, 2.05) is 6.07 Å². The molecule has 0 amide bonds. The average Bonchev–Trinajstić information content (AvgIpc) is 2.39. The average molecular weight is 260 g/mol. The number of nitrogens with one attached hydrogen (secondary N) is 1. The lowest BCUT2D eigenvalue weighted by Crippen LogP contribution is -2.04. The third-order valence-electron chi connectivity index (χ3n) is 2.71. The summed E-state index contributed by atoms with van der Waals surface area (Å²) < 4.78 is 13.0. The molecule has 0 aliphatic heterocycles. The highest BCUT2D eigenvalue weighted by molar-refractivity contribution is 5.48. The number of rotatable bonds is 5. The Labute approximate surface area is 110 Å². The molecular formula is C14H13FN2O2. The van der Waals surface area contributed by atoms with Gasteiger partial charge >= 0.3 is 0 Å². The van der Waals surface area contributed by atoms with Crippen LogP contribution in [0.5, 0.6) is 0 Å². The molecule has 0 heterocycles. The summed E-state index contributed by atoms with van der Waals surface area (Å²) in [4.78, 5) is 10.1. The molecule has 2 aromatic rings. The van der Waals surface area contributed by atoms with Crippen molar-refractivity contribution in [1.82, 2.24) is 0 Å². The van der Waals surface area contributed by atoms with E-state index in [-0.39, 0.29) is 11.5 Å². The van der Waals surface area contributed by atoms with Crippen molar-refractivity contribution < 1.29 is 9.31 Å². The summed E-state index contributed by atoms with van der Waals surface area (Å²) in [6.45, 7) is 0.640. The Morgan fingerprint density at radius 3 is 2.53 bits per heavy atom. The minimum Gasteiger partial charge on any atom is -0.385 e. The van der Waals surface area contributed by atoms with Crippen molar-refractivity contribution in [3.8, 4) is 0 Å². The van der Waals surface area contributed by atoms with Gasteiger partial charge in [-0.15, -0.1) is 0 Å². The van der Waals surface area contributed by atoms with Crippen LogP contribution in [0.3, 0.4) is 0 Å². The summed E-state index contributed by atoms with van der Waals surface area (Å²) in [7, 11) is 0. The second-order valence-electron chi connectivity index (χ2n) is 4.11. The Morgan fingerprint density at radius 1 is 1.16 bits per heavy atom. The fourth-order valence-corrected chi connectivity index (χ4v) is 1.74. The molecule has 0 aromatic heterocycles. The summed E-state index contributed by atoms with van der Waals surface area (Å²) in [5.41, 5.74) is 1.78. The Bertz CT molecular complexity index is 570. The van der Waals surface area contributed by atoms with Gasteiger partial charge in [-0.25, -0.2) is 4.39 Å². The van der Waals surface area contributed by atoms with Crippen LogP contribution in [0.15, 0.2) is 48.5 Å². The molecule has 1 N–H and O–H groups in total. The molecule has 19 heavy (non-hydrogen) atoms. The fraction of sp³-hybridized carbons (Fsp3) is 0.143. The van der Waals surface area contributed by atoms with Crippen LogP contribution in [0.1, 0.15) is 5.56 Å². The number of benzene rings is 2. The van der Waals surface area contributed by atoms with Crippen LogP contribution in [0, 0.1) is 15.9 Å². The first-order valence-corrected chi connectivity index (χ1v) is 5.88. The van der Waals surface area contributed by atoms with Gasteiger partial charge in [0.2, 0.25) is 0 Å². The number of nitro groups is 1. The normalized spacial score (nSPS) is 10.2. The highest BCUT2D eigenvalue weighted by Crippen LogP contribution is 2.15. The van der Waals surface area contributed by atoms with Crippen molar-refractivity contribution in [1.29, 1.82) is 0 Å². The van der Waals surface area contributed by atoms with Gasteiger partial charge in [-0.1, -0.05) is 12.1 Å². The first kappa shape index (κ1) is 13.0. The first-order chi connectivity index (χ1) is 9.15. The lowest BCUT2D eigenvalue weighted by molar-refractivity contribution is -0.384. The maximum atomic E-state index is 13.0. The van der Waals surface area contributed by atoms with E-state index in [4.69, 9.17) is 0 Å². The summed E-state index contributed by atoms with van der Waals surface area (Å²) in [5.74, 6) is -0.243. The fourth-order valence-electron chi connectivity index (χ4n) is 1.74. The van der Waals surface area contributed by atoms with Crippen molar-refractivity contribution in [2.45, 2.75) is 6.42 Å². The van der Waals surface area contributed by atoms with E-state index < -0.39 is 4.92 Å². The van der Waals surface area contributed by atoms with Crippen LogP contribution in [0.4, 0.5) is 15.8 Å². The SMILES string of the molecule is O=[N+]([O-])c1ccc(NCCc2cccc(F)c2)cc1. The van der Waals surface area contributed by atoms with Gasteiger partial charge in [-0.2, -0.15) is 0 Å². The molecule has 2 rings (SSSR count). The zero-order valence-electron chi connectivity index (χ0n) is 10.2. The number of hydrogen-bond acceptors (Lipinski definition) is 3. The van der Waals surface area contributed by atoms with E-state index in [0.717, 1.165) is 11.3 Å². The second kappa shape index (κ2) is 5.95. The van der Waals surface area contributed by atoms with Gasteiger partial charge < -0.3 is 5.32 Å². The molecule has 0 radical (unpaired) electrons. The Kier molecular flexibility index (Phi) is 4.07. The van der Waals surface area contributed by atoms with Gasteiger partial charge in [0.1, 0.15) is 5.82 Å². The van der Waals surface area contributed by atoms with Gasteiger partial charge in [0, 0.05) is 24.4 Å². The Morgan fingerprint density at radius 2 is 1.89 bits per heavy atom. The van der Waals surface area contributed by atoms with Gasteiger partial charge in [-0.3, -0.25) is 10.1 Å². The van der Waals surface area contributed by atoms with E-state index in [2.05, 4.69) is 5.32 Å². The van der Waals surface area contributed by atoms with E-state index in [9.17, 15) is 14.5 Å². The smallest absolute Gasteiger partial charge is 0.269 e. The summed E-state index contributed by atoms with van der Waals surface area (Å²) in [6, 6.07) is 12.7. The van der Waals surface area contributed by atoms with Crippen molar-refractivity contribution in [3.63, 3.8) is 0 Å². The monoisotopic (exact) mass is 260 g/mol. The summed E-state index contributed by atoms with van der Waals surface area (Å²) in [5, 5.41) is 13.6. The van der Waals surface area contributed by atoms with Crippen LogP contribution in [-0.4, -0.2) is 11.5 Å². The number of halogens is 1. The molecule has 0 spiro atoms. The van der Waals surface area contributed by atoms with Crippen LogP contribution in [0.25, 0.3) is 0 Å². The Hall–Kier alpha value is -2.43. The number of nitro benzene ring substituents is 1. The van der Waals surface area contributed by atoms with Gasteiger partial charge in [0.05, 0.1) is 4.92 Å². The number of nitrogens with zero attached hydrogens (tertiary/aromatic N) is 1. The van der Waals surface area contributed by atoms with E-state index >= 15 is 0 Å². The van der Waals surface area contributed by atoms with Crippen molar-refractivity contribution in [2.75, 3.05) is 11.9 Å². The molecule has 0 saturated carbocycles. The molecule has 0 unspecified atom stereocenters. The van der Waals surface area contributed by atoms with E-state index in [0.29, 0.717) is 13.0 Å². The molecule has 0 atom stereocenters. The predicted molar refractivity (Wildman–Crippen MR) is 71.7 cm³/mol. The molecule has 0 aliphatic carbocycles. The summed E-state index contributed by atoms with van der Waals surface area (Å²) in [6.07, 6.45) is 0.689. The van der Waals surface area contributed by atoms with Gasteiger partial charge in [0.15, 0.2) is 0 Å². The highest BCUT2D eigenvalue weighted by atomic mass is 19.1. The zero-order chi connectivity index (χ0) is 13.7. The topological polar surface area (TPSA) is 55.2 Å². The quantitative estimate of drug-likeness (QED) is 0.662. The third kappa shape index (κ3) is 3.77. The Balaban J connectivity index is 1.87. The molecule has 0 fully saturated rings. The maximum absolute atomic E-state index is 13.0. The lowest BCUT2D eigenvalue weighted by atomic mass is 10.1. The molecule has 5 heteroatoms. The number of non-ortho nitro benzene ring substituents is 1. The first-order valence-electron chi connectivity index (χ1n) is 5.88. The molecule has 0 saturated heterocycles. The van der Waals surface area contributed by atoms with Gasteiger partial charge in [0.25, 0.3) is 5.69 Å². The van der Waals surface area contributed by atoms with Crippen LogP contribution in [-0.2, 0) is 6.42 Å². The largest absolute Gasteiger partial charge is 0.385 e. The predicted octanol–water partition coefficient (Wildman–Crippen LogP) is 3.39. The highest BCUT2D eigenvalue weighted by Gasteiger charge is 2.03. The van der Waals surface area contributed by atoms with Crippen molar-refractivity contribution >= 4 is 11.4 Å². The number of hydrogen-bond donors (Lipinski definition) is 1.